The molecule has 11 heteroatoms. The Morgan fingerprint density at radius 1 is 1.40 bits per heavy atom. The lowest BCUT2D eigenvalue weighted by atomic mass is 10.1. The third kappa shape index (κ3) is 6.05. The average molecular weight is 432 g/mol. The van der Waals surface area contributed by atoms with Gasteiger partial charge in [0.05, 0.1) is 7.11 Å². The van der Waals surface area contributed by atoms with Gasteiger partial charge in [0, 0.05) is 12.1 Å². The minimum absolute atomic E-state index is 0.0516. The van der Waals surface area contributed by atoms with Crippen molar-refractivity contribution >= 4 is 41.1 Å². The Kier molecular flexibility index (Phi) is 8.37. The SMILES string of the molecule is COC(=O)CC[C@H](Nc1nc(N)nc(SC)c1C#N)C(=O)Nc1cccc(CF)c1. The fourth-order valence-corrected chi connectivity index (χ4v) is 3.10. The van der Waals surface area contributed by atoms with Crippen LogP contribution in [-0.4, -0.2) is 41.3 Å². The van der Waals surface area contributed by atoms with Crippen molar-refractivity contribution in [3.05, 3.63) is 35.4 Å². The fourth-order valence-electron chi connectivity index (χ4n) is 2.57. The number of nitrogens with two attached hydrogens (primary N) is 1. The molecule has 1 aromatic carbocycles. The van der Waals surface area contributed by atoms with Crippen molar-refractivity contribution in [3.63, 3.8) is 0 Å². The van der Waals surface area contributed by atoms with Crippen molar-refractivity contribution in [1.29, 1.82) is 5.26 Å². The van der Waals surface area contributed by atoms with Crippen molar-refractivity contribution in [1.82, 2.24) is 9.97 Å². The van der Waals surface area contributed by atoms with Gasteiger partial charge in [-0.15, -0.1) is 11.8 Å². The van der Waals surface area contributed by atoms with E-state index in [0.29, 0.717) is 16.3 Å². The van der Waals surface area contributed by atoms with E-state index in [1.165, 1.54) is 24.9 Å². The number of hydrogen-bond acceptors (Lipinski definition) is 9. The Morgan fingerprint density at radius 2 is 2.17 bits per heavy atom. The monoisotopic (exact) mass is 432 g/mol. The number of aromatic nitrogens is 2. The third-order valence-corrected chi connectivity index (χ3v) is 4.72. The highest BCUT2D eigenvalue weighted by Gasteiger charge is 2.23. The van der Waals surface area contributed by atoms with Crippen LogP contribution in [0.3, 0.4) is 0 Å². The maximum absolute atomic E-state index is 12.9. The molecule has 1 atom stereocenters. The smallest absolute Gasteiger partial charge is 0.305 e. The number of thioether (sulfide) groups is 1. The first-order chi connectivity index (χ1) is 14.4. The molecular weight excluding hydrogens is 411 g/mol. The largest absolute Gasteiger partial charge is 0.469 e. The Hall–Kier alpha value is -3.39. The first kappa shape index (κ1) is 22.9. The van der Waals surface area contributed by atoms with E-state index in [1.54, 1.807) is 24.5 Å². The van der Waals surface area contributed by atoms with Crippen LogP contribution in [0, 0.1) is 11.3 Å². The number of nitrogens with one attached hydrogen (secondary N) is 2. The molecule has 1 amide bonds. The molecule has 0 radical (unpaired) electrons. The fraction of sp³-hybridized carbons (Fsp3) is 0.316. The number of anilines is 3. The predicted molar refractivity (Wildman–Crippen MR) is 111 cm³/mol. The highest BCUT2D eigenvalue weighted by Crippen LogP contribution is 2.25. The molecule has 2 rings (SSSR count). The van der Waals surface area contributed by atoms with E-state index in [9.17, 15) is 19.2 Å². The number of esters is 1. The number of amides is 1. The summed E-state index contributed by atoms with van der Waals surface area (Å²) in [4.78, 5) is 32.5. The maximum Gasteiger partial charge on any atom is 0.305 e. The molecule has 4 N–H and O–H groups in total. The van der Waals surface area contributed by atoms with Crippen molar-refractivity contribution < 1.29 is 18.7 Å². The molecule has 30 heavy (non-hydrogen) atoms. The van der Waals surface area contributed by atoms with Crippen molar-refractivity contribution in [3.8, 4) is 6.07 Å². The van der Waals surface area contributed by atoms with Gasteiger partial charge in [-0.05, 0) is 30.4 Å². The number of carbonyl (C=O) groups excluding carboxylic acids is 2. The Bertz CT molecular complexity index is 966. The molecule has 0 aliphatic carbocycles. The number of nitrogen functional groups attached to an aromatic ring is 1. The van der Waals surface area contributed by atoms with Gasteiger partial charge in [-0.1, -0.05) is 12.1 Å². The summed E-state index contributed by atoms with van der Waals surface area (Å²) < 4.78 is 17.5. The molecule has 0 aliphatic heterocycles. The van der Waals surface area contributed by atoms with Gasteiger partial charge < -0.3 is 21.1 Å². The highest BCUT2D eigenvalue weighted by molar-refractivity contribution is 7.98. The van der Waals surface area contributed by atoms with E-state index in [4.69, 9.17) is 5.73 Å². The van der Waals surface area contributed by atoms with E-state index >= 15 is 0 Å². The number of halogens is 1. The lowest BCUT2D eigenvalue weighted by molar-refractivity contribution is -0.140. The summed E-state index contributed by atoms with van der Waals surface area (Å²) in [5, 5.41) is 15.4. The average Bonchev–Trinajstić information content (AvgIpc) is 2.75. The van der Waals surface area contributed by atoms with Gasteiger partial charge >= 0.3 is 5.97 Å². The second kappa shape index (κ2) is 11.0. The van der Waals surface area contributed by atoms with Crippen molar-refractivity contribution in [2.45, 2.75) is 30.6 Å². The molecule has 1 aromatic heterocycles. The van der Waals surface area contributed by atoms with Gasteiger partial charge in [0.1, 0.15) is 29.4 Å². The Morgan fingerprint density at radius 3 is 2.80 bits per heavy atom. The second-order valence-corrected chi connectivity index (χ2v) is 6.86. The van der Waals surface area contributed by atoms with Crippen LogP contribution in [0.4, 0.5) is 21.8 Å². The third-order valence-electron chi connectivity index (χ3n) is 4.04. The Labute approximate surface area is 177 Å². The standard InChI is InChI=1S/C19H21FN6O3S/c1-29-15(27)7-6-14(17(28)23-12-5-3-4-11(8-12)9-20)24-16-13(10-21)18(30-2)26-19(22)25-16/h3-5,8,14H,6-7,9H2,1-2H3,(H,23,28)(H3,22,24,25,26)/t14-/m0/s1. The molecule has 0 fully saturated rings. The molecular formula is C19H21FN6O3S. The highest BCUT2D eigenvalue weighted by atomic mass is 32.2. The molecule has 1 heterocycles. The van der Waals surface area contributed by atoms with Crippen LogP contribution in [0.2, 0.25) is 0 Å². The van der Waals surface area contributed by atoms with Gasteiger partial charge in [0.2, 0.25) is 11.9 Å². The molecule has 0 spiro atoms. The number of nitriles is 1. The maximum atomic E-state index is 12.9. The number of rotatable bonds is 9. The quantitative estimate of drug-likeness (QED) is 0.309. The normalized spacial score (nSPS) is 11.3. The number of methoxy groups -OCH3 is 1. The van der Waals surface area contributed by atoms with Crippen LogP contribution in [0.5, 0.6) is 0 Å². The molecule has 2 aromatic rings. The van der Waals surface area contributed by atoms with Crippen LogP contribution in [0.15, 0.2) is 29.3 Å². The van der Waals surface area contributed by atoms with E-state index in [1.807, 2.05) is 6.07 Å². The number of hydrogen-bond donors (Lipinski definition) is 3. The molecule has 0 bridgehead atoms. The molecule has 0 unspecified atom stereocenters. The molecule has 9 nitrogen and oxygen atoms in total. The first-order valence-electron chi connectivity index (χ1n) is 8.82. The topological polar surface area (TPSA) is 143 Å². The number of carbonyl (C=O) groups is 2. The summed E-state index contributed by atoms with van der Waals surface area (Å²) in [5.74, 6) is -0.983. The van der Waals surface area contributed by atoms with E-state index in [-0.39, 0.29) is 30.2 Å². The van der Waals surface area contributed by atoms with Crippen LogP contribution in [0.1, 0.15) is 24.0 Å². The zero-order valence-corrected chi connectivity index (χ0v) is 17.3. The molecule has 0 aliphatic rings. The van der Waals surface area contributed by atoms with Crippen LogP contribution in [0.25, 0.3) is 0 Å². The van der Waals surface area contributed by atoms with Crippen LogP contribution < -0.4 is 16.4 Å². The van der Waals surface area contributed by atoms with E-state index < -0.39 is 24.6 Å². The van der Waals surface area contributed by atoms with Gasteiger partial charge in [0.15, 0.2) is 5.82 Å². The number of benzene rings is 1. The van der Waals surface area contributed by atoms with Gasteiger partial charge in [-0.3, -0.25) is 9.59 Å². The van der Waals surface area contributed by atoms with E-state index in [2.05, 4.69) is 25.3 Å². The van der Waals surface area contributed by atoms with Crippen molar-refractivity contribution in [2.75, 3.05) is 29.7 Å². The number of ether oxygens (including phenoxy) is 1. The number of nitrogens with zero attached hydrogens (tertiary/aromatic N) is 3. The summed E-state index contributed by atoms with van der Waals surface area (Å²) in [6.45, 7) is -0.670. The predicted octanol–water partition coefficient (Wildman–Crippen LogP) is 2.49. The Balaban J connectivity index is 2.31. The van der Waals surface area contributed by atoms with E-state index in [0.717, 1.165) is 0 Å². The van der Waals surface area contributed by atoms with Crippen LogP contribution >= 0.6 is 11.8 Å². The van der Waals surface area contributed by atoms with Crippen LogP contribution in [-0.2, 0) is 21.0 Å². The summed E-state index contributed by atoms with van der Waals surface area (Å²) in [5.41, 5.74) is 6.65. The summed E-state index contributed by atoms with van der Waals surface area (Å²) in [7, 11) is 1.25. The minimum Gasteiger partial charge on any atom is -0.469 e. The zero-order valence-electron chi connectivity index (χ0n) is 16.4. The molecule has 0 saturated heterocycles. The lowest BCUT2D eigenvalue weighted by Crippen LogP contribution is -2.36. The van der Waals surface area contributed by atoms with Crippen molar-refractivity contribution in [2.24, 2.45) is 0 Å². The lowest BCUT2D eigenvalue weighted by Gasteiger charge is -2.20. The second-order valence-electron chi connectivity index (χ2n) is 6.06. The van der Waals surface area contributed by atoms with Gasteiger partial charge in [0.25, 0.3) is 0 Å². The number of alkyl halides is 1. The first-order valence-corrected chi connectivity index (χ1v) is 10.0. The van der Waals surface area contributed by atoms with Gasteiger partial charge in [-0.2, -0.15) is 10.2 Å². The summed E-state index contributed by atoms with van der Waals surface area (Å²) >= 11 is 1.21. The zero-order chi connectivity index (χ0) is 22.1. The summed E-state index contributed by atoms with van der Waals surface area (Å²) in [6, 6.07) is 7.38. The molecule has 158 valence electrons. The van der Waals surface area contributed by atoms with Gasteiger partial charge in [-0.25, -0.2) is 9.37 Å². The molecule has 0 saturated carbocycles. The minimum atomic E-state index is -0.950. The summed E-state index contributed by atoms with van der Waals surface area (Å²) in [6.07, 6.45) is 1.74.